The number of carboxylic acids is 1. The van der Waals surface area contributed by atoms with Crippen LogP contribution in [0, 0.1) is 17.0 Å². The minimum atomic E-state index is -3.05. The maximum absolute atomic E-state index is 15.9. The second-order valence-electron chi connectivity index (χ2n) is 12.4. The third-order valence-corrected chi connectivity index (χ3v) is 8.80. The van der Waals surface area contributed by atoms with E-state index in [4.69, 9.17) is 9.84 Å². The maximum Gasteiger partial charge on any atom is 0.317 e. The summed E-state index contributed by atoms with van der Waals surface area (Å²) in [6.07, 6.45) is 1.27. The van der Waals surface area contributed by atoms with Crippen molar-refractivity contribution in [2.45, 2.75) is 38.3 Å². The Balaban J connectivity index is 1.25. The highest BCUT2D eigenvalue weighted by Gasteiger charge is 2.48. The summed E-state index contributed by atoms with van der Waals surface area (Å²) in [6.45, 7) is 3.21. The van der Waals surface area contributed by atoms with Crippen molar-refractivity contribution in [3.05, 3.63) is 94.6 Å². The van der Waals surface area contributed by atoms with Gasteiger partial charge in [-0.2, -0.15) is 0 Å². The molecule has 6 nitrogen and oxygen atoms in total. The molecule has 3 aliphatic heterocycles. The minimum Gasteiger partial charge on any atom is -0.489 e. The lowest BCUT2D eigenvalue weighted by Crippen LogP contribution is -2.58. The van der Waals surface area contributed by atoms with Crippen molar-refractivity contribution in [1.29, 1.82) is 0 Å². The molecule has 43 heavy (non-hydrogen) atoms. The van der Waals surface area contributed by atoms with Crippen LogP contribution in [0.15, 0.2) is 60.7 Å². The first kappa shape index (κ1) is 29.4. The van der Waals surface area contributed by atoms with Crippen LogP contribution in [0.25, 0.3) is 0 Å². The fraction of sp³-hybridized carbons (Fsp3) is 0.424. The molecule has 1 spiro atoms. The number of halogens is 4. The van der Waals surface area contributed by atoms with E-state index < -0.39 is 36.1 Å². The summed E-state index contributed by atoms with van der Waals surface area (Å²) in [5, 5.41) is 9.10. The number of ether oxygens (including phenoxy) is 1. The van der Waals surface area contributed by atoms with Gasteiger partial charge in [0.2, 0.25) is 0 Å². The van der Waals surface area contributed by atoms with Crippen LogP contribution in [0.5, 0.6) is 5.75 Å². The molecule has 2 saturated heterocycles. The number of likely N-dealkylation sites (tertiary alicyclic amines) is 1. The summed E-state index contributed by atoms with van der Waals surface area (Å²) in [5.41, 5.74) is 2.46. The van der Waals surface area contributed by atoms with Crippen molar-refractivity contribution in [2.75, 3.05) is 50.7 Å². The minimum absolute atomic E-state index is 0.0173. The highest BCUT2D eigenvalue weighted by Crippen LogP contribution is 2.44. The number of nitrogens with zero attached hydrogens (tertiary/aromatic N) is 3. The quantitative estimate of drug-likeness (QED) is 0.318. The number of carboxylic acid groups (broad SMARTS) is 1. The number of hydrogen-bond acceptors (Lipinski definition) is 5. The third kappa shape index (κ3) is 6.35. The average Bonchev–Trinajstić information content (AvgIpc) is 3.35. The predicted octanol–water partition coefficient (Wildman–Crippen LogP) is 5.74. The van der Waals surface area contributed by atoms with Crippen molar-refractivity contribution < 1.29 is 32.2 Å². The highest BCUT2D eigenvalue weighted by atomic mass is 19.3. The summed E-state index contributed by atoms with van der Waals surface area (Å²) in [7, 11) is 0. The van der Waals surface area contributed by atoms with Crippen molar-refractivity contribution in [1.82, 2.24) is 9.80 Å². The van der Waals surface area contributed by atoms with E-state index in [1.165, 1.54) is 17.0 Å². The Morgan fingerprint density at radius 1 is 1.02 bits per heavy atom. The molecule has 1 atom stereocenters. The fourth-order valence-electron chi connectivity index (χ4n) is 6.92. The first-order valence-electron chi connectivity index (χ1n) is 14.6. The van der Waals surface area contributed by atoms with Crippen molar-refractivity contribution >= 4 is 11.7 Å². The lowest BCUT2D eigenvalue weighted by atomic mass is 9.78. The molecule has 10 heteroatoms. The molecule has 3 aromatic rings. The Labute approximate surface area is 248 Å². The zero-order chi connectivity index (χ0) is 30.4. The molecule has 2 fully saturated rings. The first-order valence-corrected chi connectivity index (χ1v) is 14.6. The zero-order valence-electron chi connectivity index (χ0n) is 24.0. The van der Waals surface area contributed by atoms with E-state index in [9.17, 15) is 13.6 Å². The van der Waals surface area contributed by atoms with E-state index >= 15 is 8.78 Å². The van der Waals surface area contributed by atoms with E-state index in [-0.39, 0.29) is 24.1 Å². The molecule has 228 valence electrons. The molecule has 6 rings (SSSR count). The van der Waals surface area contributed by atoms with E-state index in [1.54, 1.807) is 12.1 Å². The van der Waals surface area contributed by atoms with Crippen LogP contribution in [0.1, 0.15) is 41.6 Å². The number of benzene rings is 3. The lowest BCUT2D eigenvalue weighted by molar-refractivity contribution is -0.138. The molecule has 1 unspecified atom stereocenters. The summed E-state index contributed by atoms with van der Waals surface area (Å²) in [4.78, 5) is 16.3. The molecule has 3 aliphatic rings. The van der Waals surface area contributed by atoms with Gasteiger partial charge < -0.3 is 14.7 Å². The second-order valence-corrected chi connectivity index (χ2v) is 12.4. The molecule has 1 N–H and O–H groups in total. The van der Waals surface area contributed by atoms with Gasteiger partial charge in [-0.3, -0.25) is 14.6 Å². The topological polar surface area (TPSA) is 56.2 Å². The number of aliphatic carboxylic acids is 1. The highest BCUT2D eigenvalue weighted by molar-refractivity contribution is 5.69. The number of anilines is 1. The summed E-state index contributed by atoms with van der Waals surface area (Å²) >= 11 is 0. The Bertz CT molecular complexity index is 1470. The van der Waals surface area contributed by atoms with Crippen LogP contribution in [0.3, 0.4) is 0 Å². The molecule has 0 bridgehead atoms. The average molecular weight is 598 g/mol. The second kappa shape index (κ2) is 11.5. The Morgan fingerprint density at radius 2 is 1.74 bits per heavy atom. The Hall–Kier alpha value is -3.63. The molecular formula is C33H35F4N3O3. The summed E-state index contributed by atoms with van der Waals surface area (Å²) in [6, 6.07) is 16.5. The molecule has 0 aromatic heterocycles. The van der Waals surface area contributed by atoms with E-state index in [2.05, 4.69) is 0 Å². The molecule has 3 heterocycles. The van der Waals surface area contributed by atoms with Gasteiger partial charge in [0.05, 0.1) is 19.1 Å². The summed E-state index contributed by atoms with van der Waals surface area (Å²) in [5.74, 6) is -4.87. The molecule has 0 radical (unpaired) electrons. The Kier molecular flexibility index (Phi) is 7.85. The number of carbonyl (C=O) groups is 1. The van der Waals surface area contributed by atoms with Gasteiger partial charge in [0.1, 0.15) is 24.0 Å². The number of fused-ring (bicyclic) bond motifs is 1. The van der Waals surface area contributed by atoms with Gasteiger partial charge in [0, 0.05) is 49.8 Å². The molecular weight excluding hydrogens is 562 g/mol. The van der Waals surface area contributed by atoms with Crippen LogP contribution in [0.4, 0.5) is 23.2 Å². The fourth-order valence-corrected chi connectivity index (χ4v) is 6.92. The molecule has 0 amide bonds. The Morgan fingerprint density at radius 3 is 2.42 bits per heavy atom. The molecule has 0 saturated carbocycles. The van der Waals surface area contributed by atoms with Gasteiger partial charge in [-0.25, -0.2) is 17.6 Å². The van der Waals surface area contributed by atoms with Gasteiger partial charge in [0.15, 0.2) is 0 Å². The SMILES string of the molecule is CC(F)(F)CN1CCc2cc(OCc3ccccc3)ccc2C1c1c(F)cc(N2CC3(CCN(CC(=O)O)C3)C2)cc1F. The summed E-state index contributed by atoms with van der Waals surface area (Å²) < 4.78 is 66.3. The largest absolute Gasteiger partial charge is 0.489 e. The van der Waals surface area contributed by atoms with Gasteiger partial charge >= 0.3 is 5.97 Å². The van der Waals surface area contributed by atoms with Crippen molar-refractivity contribution in [3.63, 3.8) is 0 Å². The van der Waals surface area contributed by atoms with Crippen molar-refractivity contribution in [2.24, 2.45) is 5.41 Å². The van der Waals surface area contributed by atoms with Gasteiger partial charge in [-0.1, -0.05) is 36.4 Å². The first-order chi connectivity index (χ1) is 20.5. The zero-order valence-corrected chi connectivity index (χ0v) is 24.0. The predicted molar refractivity (Wildman–Crippen MR) is 155 cm³/mol. The normalized spacial score (nSPS) is 20.2. The lowest BCUT2D eigenvalue weighted by Gasteiger charge is -2.49. The third-order valence-electron chi connectivity index (χ3n) is 8.80. The number of rotatable bonds is 9. The van der Waals surface area contributed by atoms with Crippen LogP contribution < -0.4 is 9.64 Å². The maximum atomic E-state index is 15.9. The van der Waals surface area contributed by atoms with E-state index in [0.717, 1.165) is 24.5 Å². The van der Waals surface area contributed by atoms with Crippen molar-refractivity contribution in [3.8, 4) is 5.75 Å². The van der Waals surface area contributed by atoms with Crippen LogP contribution >= 0.6 is 0 Å². The van der Waals surface area contributed by atoms with Gasteiger partial charge in [-0.15, -0.1) is 0 Å². The van der Waals surface area contributed by atoms with Crippen LogP contribution in [0.2, 0.25) is 0 Å². The molecule has 0 aliphatic carbocycles. The van der Waals surface area contributed by atoms with E-state index in [1.807, 2.05) is 46.2 Å². The van der Waals surface area contributed by atoms with E-state index in [0.29, 0.717) is 56.2 Å². The molecule has 3 aromatic carbocycles. The smallest absolute Gasteiger partial charge is 0.317 e. The number of hydrogen-bond donors (Lipinski definition) is 1. The standard InChI is InChI=1S/C33H35F4N3O3/c1-32(36,37)18-39-11-9-23-13-25(43-17-22-5-3-2-4-6-22)7-8-26(23)31(39)30-27(34)14-24(15-28(30)35)40-20-33(21-40)10-12-38(19-33)16-29(41)42/h2-8,13-15,31H,9-12,16-21H2,1H3,(H,41,42). The number of alkyl halides is 2. The van der Waals surface area contributed by atoms with Crippen LogP contribution in [-0.4, -0.2) is 72.6 Å². The van der Waals surface area contributed by atoms with Gasteiger partial charge in [-0.05, 0) is 60.3 Å². The monoisotopic (exact) mass is 597 g/mol. The van der Waals surface area contributed by atoms with Gasteiger partial charge in [0.25, 0.3) is 5.92 Å². The van der Waals surface area contributed by atoms with Crippen LogP contribution in [-0.2, 0) is 17.8 Å².